The molecular formula is C14H17N3O2. The number of fused-ring (bicyclic) bond motifs is 1. The molecule has 0 radical (unpaired) electrons. The second-order valence-electron chi connectivity index (χ2n) is 4.68. The van der Waals surface area contributed by atoms with Crippen LogP contribution in [0.25, 0.3) is 10.8 Å². The Morgan fingerprint density at radius 1 is 1.26 bits per heavy atom. The molecule has 0 aliphatic heterocycles. The SMILES string of the molecule is CC(NC(=O)N(C)C)c1c[nH]c(=O)c2ccccc12. The Morgan fingerprint density at radius 2 is 1.89 bits per heavy atom. The molecule has 100 valence electrons. The van der Waals surface area contributed by atoms with Gasteiger partial charge in [-0.25, -0.2) is 4.79 Å². The minimum Gasteiger partial charge on any atom is -0.331 e. The first kappa shape index (κ1) is 13.1. The van der Waals surface area contributed by atoms with Gasteiger partial charge in [0.05, 0.1) is 6.04 Å². The molecule has 1 aromatic carbocycles. The van der Waals surface area contributed by atoms with Crippen LogP contribution in [0.15, 0.2) is 35.3 Å². The van der Waals surface area contributed by atoms with Crippen molar-refractivity contribution in [2.24, 2.45) is 0 Å². The van der Waals surface area contributed by atoms with Crippen molar-refractivity contribution in [3.8, 4) is 0 Å². The minimum atomic E-state index is -0.184. The van der Waals surface area contributed by atoms with Gasteiger partial charge in [-0.1, -0.05) is 18.2 Å². The van der Waals surface area contributed by atoms with Gasteiger partial charge in [0.1, 0.15) is 0 Å². The molecule has 0 saturated heterocycles. The number of carbonyl (C=O) groups excluding carboxylic acids is 1. The summed E-state index contributed by atoms with van der Waals surface area (Å²) in [5.74, 6) is 0. The van der Waals surface area contributed by atoms with Gasteiger partial charge in [0.15, 0.2) is 0 Å². The summed E-state index contributed by atoms with van der Waals surface area (Å²) < 4.78 is 0. The van der Waals surface area contributed by atoms with Gasteiger partial charge in [0.2, 0.25) is 0 Å². The monoisotopic (exact) mass is 259 g/mol. The van der Waals surface area contributed by atoms with E-state index in [9.17, 15) is 9.59 Å². The van der Waals surface area contributed by atoms with Crippen LogP contribution in [0, 0.1) is 0 Å². The minimum absolute atomic E-state index is 0.120. The normalized spacial score (nSPS) is 12.2. The van der Waals surface area contributed by atoms with Crippen molar-refractivity contribution in [1.82, 2.24) is 15.2 Å². The molecule has 1 unspecified atom stereocenters. The van der Waals surface area contributed by atoms with Crippen LogP contribution in [0.3, 0.4) is 0 Å². The number of pyridine rings is 1. The van der Waals surface area contributed by atoms with Crippen molar-refractivity contribution in [3.63, 3.8) is 0 Å². The summed E-state index contributed by atoms with van der Waals surface area (Å²) >= 11 is 0. The Balaban J connectivity index is 2.43. The molecule has 0 aliphatic carbocycles. The van der Waals surface area contributed by atoms with Crippen LogP contribution in [0.5, 0.6) is 0 Å². The van der Waals surface area contributed by atoms with Gasteiger partial charge < -0.3 is 15.2 Å². The lowest BCUT2D eigenvalue weighted by atomic mass is 10.0. The molecule has 1 heterocycles. The Bertz CT molecular complexity index is 661. The summed E-state index contributed by atoms with van der Waals surface area (Å²) in [6.07, 6.45) is 1.66. The average molecular weight is 259 g/mol. The number of aromatic nitrogens is 1. The lowest BCUT2D eigenvalue weighted by Gasteiger charge is -2.19. The highest BCUT2D eigenvalue weighted by molar-refractivity contribution is 5.85. The smallest absolute Gasteiger partial charge is 0.317 e. The number of H-pyrrole nitrogens is 1. The van der Waals surface area contributed by atoms with Gasteiger partial charge in [-0.05, 0) is 23.9 Å². The van der Waals surface area contributed by atoms with Crippen molar-refractivity contribution in [2.45, 2.75) is 13.0 Å². The Labute approximate surface area is 111 Å². The number of urea groups is 1. The number of hydrogen-bond donors (Lipinski definition) is 2. The maximum atomic E-state index is 11.7. The Morgan fingerprint density at radius 3 is 2.53 bits per heavy atom. The molecule has 0 fully saturated rings. The summed E-state index contributed by atoms with van der Waals surface area (Å²) in [5.41, 5.74) is 0.774. The summed E-state index contributed by atoms with van der Waals surface area (Å²) in [6, 6.07) is 7.02. The van der Waals surface area contributed by atoms with Gasteiger partial charge in [0.25, 0.3) is 5.56 Å². The molecule has 5 heteroatoms. The van der Waals surface area contributed by atoms with E-state index in [2.05, 4.69) is 10.3 Å². The van der Waals surface area contributed by atoms with E-state index in [1.165, 1.54) is 4.90 Å². The third kappa shape index (κ3) is 2.59. The van der Waals surface area contributed by atoms with E-state index in [1.807, 2.05) is 25.1 Å². The van der Waals surface area contributed by atoms with Gasteiger partial charge in [0, 0.05) is 25.7 Å². The largest absolute Gasteiger partial charge is 0.331 e. The molecule has 2 N–H and O–H groups in total. The topological polar surface area (TPSA) is 65.2 Å². The molecule has 2 rings (SSSR count). The zero-order valence-corrected chi connectivity index (χ0v) is 11.2. The molecule has 5 nitrogen and oxygen atoms in total. The average Bonchev–Trinajstić information content (AvgIpc) is 2.39. The number of nitrogens with one attached hydrogen (secondary N) is 2. The van der Waals surface area contributed by atoms with Crippen LogP contribution < -0.4 is 10.9 Å². The van der Waals surface area contributed by atoms with Gasteiger partial charge in [-0.15, -0.1) is 0 Å². The summed E-state index contributed by atoms with van der Waals surface area (Å²) in [4.78, 5) is 27.6. The first-order chi connectivity index (χ1) is 9.00. The zero-order chi connectivity index (χ0) is 14.0. The number of hydrogen-bond acceptors (Lipinski definition) is 2. The summed E-state index contributed by atoms with van der Waals surface area (Å²) in [5, 5.41) is 4.36. The quantitative estimate of drug-likeness (QED) is 0.864. The third-order valence-corrected chi connectivity index (χ3v) is 3.05. The van der Waals surface area contributed by atoms with Crippen LogP contribution in [0.4, 0.5) is 4.79 Å². The molecule has 2 amide bonds. The number of benzene rings is 1. The van der Waals surface area contributed by atoms with Gasteiger partial charge >= 0.3 is 6.03 Å². The van der Waals surface area contributed by atoms with Crippen LogP contribution in [0.1, 0.15) is 18.5 Å². The molecule has 0 aliphatic rings. The number of nitrogens with zero attached hydrogens (tertiary/aromatic N) is 1. The molecule has 19 heavy (non-hydrogen) atoms. The fourth-order valence-corrected chi connectivity index (χ4v) is 1.98. The molecule has 0 spiro atoms. The maximum Gasteiger partial charge on any atom is 0.317 e. The predicted octanol–water partition coefficient (Wildman–Crippen LogP) is 1.86. The van der Waals surface area contributed by atoms with Crippen molar-refractivity contribution < 1.29 is 4.79 Å². The van der Waals surface area contributed by atoms with Crippen molar-refractivity contribution >= 4 is 16.8 Å². The van der Waals surface area contributed by atoms with E-state index in [0.29, 0.717) is 5.39 Å². The highest BCUT2D eigenvalue weighted by Gasteiger charge is 2.14. The molecule has 1 atom stereocenters. The first-order valence-electron chi connectivity index (χ1n) is 6.09. The summed E-state index contributed by atoms with van der Waals surface area (Å²) in [6.45, 7) is 1.89. The van der Waals surface area contributed by atoms with Crippen LogP contribution in [-0.4, -0.2) is 30.0 Å². The van der Waals surface area contributed by atoms with E-state index in [4.69, 9.17) is 0 Å². The van der Waals surface area contributed by atoms with E-state index >= 15 is 0 Å². The third-order valence-electron chi connectivity index (χ3n) is 3.05. The lowest BCUT2D eigenvalue weighted by Crippen LogP contribution is -2.36. The standard InChI is InChI=1S/C14H17N3O2/c1-9(16-14(19)17(2)3)12-8-15-13(18)11-7-5-4-6-10(11)12/h4-9H,1-3H3,(H,15,18)(H,16,19). The van der Waals surface area contributed by atoms with Crippen LogP contribution >= 0.6 is 0 Å². The van der Waals surface area contributed by atoms with Crippen molar-refractivity contribution in [1.29, 1.82) is 0 Å². The molecule has 1 aromatic heterocycles. The summed E-state index contributed by atoms with van der Waals surface area (Å²) in [7, 11) is 3.38. The molecule has 0 saturated carbocycles. The second-order valence-corrected chi connectivity index (χ2v) is 4.68. The molecular weight excluding hydrogens is 242 g/mol. The number of aromatic amines is 1. The molecule has 0 bridgehead atoms. The fraction of sp³-hybridized carbons (Fsp3) is 0.286. The highest BCUT2D eigenvalue weighted by atomic mass is 16.2. The molecule has 2 aromatic rings. The van der Waals surface area contributed by atoms with Gasteiger partial charge in [-0.3, -0.25) is 4.79 Å². The number of amides is 2. The fourth-order valence-electron chi connectivity index (χ4n) is 1.98. The van der Waals surface area contributed by atoms with Crippen molar-refractivity contribution in [2.75, 3.05) is 14.1 Å². The van der Waals surface area contributed by atoms with Gasteiger partial charge in [-0.2, -0.15) is 0 Å². The first-order valence-corrected chi connectivity index (χ1v) is 6.09. The Kier molecular flexibility index (Phi) is 3.55. The van der Waals surface area contributed by atoms with Crippen LogP contribution in [0.2, 0.25) is 0 Å². The Hall–Kier alpha value is -2.30. The maximum absolute atomic E-state index is 11.7. The zero-order valence-electron chi connectivity index (χ0n) is 11.2. The highest BCUT2D eigenvalue weighted by Crippen LogP contribution is 2.20. The van der Waals surface area contributed by atoms with Crippen LogP contribution in [-0.2, 0) is 0 Å². The lowest BCUT2D eigenvalue weighted by molar-refractivity contribution is 0.214. The van der Waals surface area contributed by atoms with E-state index < -0.39 is 0 Å². The predicted molar refractivity (Wildman–Crippen MR) is 75.2 cm³/mol. The number of rotatable bonds is 2. The van der Waals surface area contributed by atoms with Crippen molar-refractivity contribution in [3.05, 3.63) is 46.4 Å². The van der Waals surface area contributed by atoms with E-state index in [0.717, 1.165) is 10.9 Å². The number of carbonyl (C=O) groups is 1. The van der Waals surface area contributed by atoms with E-state index in [1.54, 1.807) is 26.4 Å². The van der Waals surface area contributed by atoms with E-state index in [-0.39, 0.29) is 17.6 Å². The second kappa shape index (κ2) is 5.14.